The Morgan fingerprint density at radius 3 is 2.79 bits per heavy atom. The molecule has 0 bridgehead atoms. The van der Waals surface area contributed by atoms with Gasteiger partial charge in [0.05, 0.1) is 5.69 Å². The second-order valence-corrected chi connectivity index (χ2v) is 7.73. The van der Waals surface area contributed by atoms with Crippen LogP contribution in [0.25, 0.3) is 11.1 Å². The number of hydrogen-bond acceptors (Lipinski definition) is 6. The van der Waals surface area contributed by atoms with Crippen molar-refractivity contribution < 1.29 is 9.32 Å². The molecule has 7 nitrogen and oxygen atoms in total. The summed E-state index contributed by atoms with van der Waals surface area (Å²) in [7, 11) is 0. The Hall–Kier alpha value is -2.96. The number of fused-ring (bicyclic) bond motifs is 1. The van der Waals surface area contributed by atoms with Crippen LogP contribution in [0.2, 0.25) is 0 Å². The Bertz CT molecular complexity index is 1010. The van der Waals surface area contributed by atoms with E-state index in [0.717, 1.165) is 48.4 Å². The highest BCUT2D eigenvalue weighted by Gasteiger charge is 2.21. The molecule has 3 aromatic rings. The minimum atomic E-state index is -0.0107. The maximum atomic E-state index is 12.3. The molecule has 1 aromatic carbocycles. The molecule has 29 heavy (non-hydrogen) atoms. The van der Waals surface area contributed by atoms with Gasteiger partial charge in [0.2, 0.25) is 5.91 Å². The van der Waals surface area contributed by atoms with E-state index in [1.165, 1.54) is 12.0 Å². The number of anilines is 1. The maximum Gasteiger partial charge on any atom is 0.263 e. The van der Waals surface area contributed by atoms with Crippen LogP contribution < -0.4 is 10.2 Å². The van der Waals surface area contributed by atoms with E-state index in [1.54, 1.807) is 0 Å². The fraction of sp³-hybridized carbons (Fsp3) is 0.455. The number of amides is 1. The van der Waals surface area contributed by atoms with Gasteiger partial charge in [-0.05, 0) is 38.7 Å². The first-order chi connectivity index (χ1) is 14.1. The van der Waals surface area contributed by atoms with Gasteiger partial charge >= 0.3 is 0 Å². The van der Waals surface area contributed by atoms with Gasteiger partial charge < -0.3 is 14.7 Å². The number of nitrogens with zero attached hydrogens (tertiary/aromatic N) is 4. The number of carbonyl (C=O) groups is 1. The van der Waals surface area contributed by atoms with Crippen molar-refractivity contribution in [3.8, 4) is 0 Å². The third-order valence-corrected chi connectivity index (χ3v) is 5.34. The molecule has 3 heterocycles. The summed E-state index contributed by atoms with van der Waals surface area (Å²) in [4.78, 5) is 23.9. The van der Waals surface area contributed by atoms with Crippen molar-refractivity contribution >= 4 is 22.8 Å². The Kier molecular flexibility index (Phi) is 5.74. The highest BCUT2D eigenvalue weighted by Crippen LogP contribution is 2.29. The summed E-state index contributed by atoms with van der Waals surface area (Å²) < 4.78 is 5.42. The molecule has 0 aliphatic carbocycles. The third-order valence-electron chi connectivity index (χ3n) is 5.34. The van der Waals surface area contributed by atoms with Crippen LogP contribution in [0.3, 0.4) is 0 Å². The fourth-order valence-corrected chi connectivity index (χ4v) is 3.79. The van der Waals surface area contributed by atoms with Gasteiger partial charge in [-0.15, -0.1) is 0 Å². The number of aromatic nitrogens is 3. The normalized spacial score (nSPS) is 14.3. The SMILES string of the molecule is Cc1cccc(CNC(=O)CCc2nc(N3CCCCC3)c3c(C)noc3n2)c1. The van der Waals surface area contributed by atoms with Crippen LogP contribution in [-0.4, -0.2) is 34.1 Å². The highest BCUT2D eigenvalue weighted by atomic mass is 16.5. The third kappa shape index (κ3) is 4.55. The van der Waals surface area contributed by atoms with Crippen LogP contribution in [0.5, 0.6) is 0 Å². The van der Waals surface area contributed by atoms with Gasteiger partial charge in [-0.3, -0.25) is 4.79 Å². The number of hydrogen-bond donors (Lipinski definition) is 1. The molecule has 0 atom stereocenters. The molecule has 152 valence electrons. The van der Waals surface area contributed by atoms with Gasteiger partial charge in [0.1, 0.15) is 17.0 Å². The lowest BCUT2D eigenvalue weighted by atomic mass is 10.1. The monoisotopic (exact) mass is 393 g/mol. The number of nitrogens with one attached hydrogen (secondary N) is 1. The summed E-state index contributed by atoms with van der Waals surface area (Å²) in [5.41, 5.74) is 3.60. The van der Waals surface area contributed by atoms with Gasteiger partial charge in [0.15, 0.2) is 0 Å². The zero-order valence-corrected chi connectivity index (χ0v) is 17.1. The predicted octanol–water partition coefficient (Wildman–Crippen LogP) is 3.47. The lowest BCUT2D eigenvalue weighted by Crippen LogP contribution is -2.30. The van der Waals surface area contributed by atoms with Gasteiger partial charge in [-0.2, -0.15) is 4.98 Å². The number of carbonyl (C=O) groups excluding carboxylic acids is 1. The average molecular weight is 393 g/mol. The van der Waals surface area contributed by atoms with E-state index in [-0.39, 0.29) is 5.91 Å². The molecule has 1 amide bonds. The number of rotatable bonds is 6. The van der Waals surface area contributed by atoms with E-state index < -0.39 is 0 Å². The molecule has 1 saturated heterocycles. The Morgan fingerprint density at radius 2 is 2.00 bits per heavy atom. The van der Waals surface area contributed by atoms with Crippen LogP contribution >= 0.6 is 0 Å². The van der Waals surface area contributed by atoms with Crippen LogP contribution in [-0.2, 0) is 17.8 Å². The van der Waals surface area contributed by atoms with Crippen molar-refractivity contribution in [1.82, 2.24) is 20.4 Å². The number of benzene rings is 1. The molecule has 7 heteroatoms. The molecule has 1 aliphatic rings. The van der Waals surface area contributed by atoms with Crippen LogP contribution in [0, 0.1) is 13.8 Å². The number of aryl methyl sites for hydroxylation is 3. The first-order valence-electron chi connectivity index (χ1n) is 10.3. The summed E-state index contributed by atoms with van der Waals surface area (Å²) in [6.07, 6.45) is 4.38. The molecular weight excluding hydrogens is 366 g/mol. The molecule has 2 aromatic heterocycles. The largest absolute Gasteiger partial charge is 0.356 e. The Labute approximate surface area is 170 Å². The van der Waals surface area contributed by atoms with E-state index in [1.807, 2.05) is 32.0 Å². The maximum absolute atomic E-state index is 12.3. The standard InChI is InChI=1S/C22H27N5O2/c1-15-7-6-8-17(13-15)14-23-19(28)10-9-18-24-21(27-11-4-3-5-12-27)20-16(2)26-29-22(20)25-18/h6-8,13H,3-5,9-12,14H2,1-2H3,(H,23,28). The smallest absolute Gasteiger partial charge is 0.263 e. The van der Waals surface area contributed by atoms with Gasteiger partial charge in [-0.25, -0.2) is 4.98 Å². The van der Waals surface area contributed by atoms with E-state index in [2.05, 4.69) is 26.4 Å². The van der Waals surface area contributed by atoms with Crippen LogP contribution in [0.1, 0.15) is 48.3 Å². The Balaban J connectivity index is 1.44. The lowest BCUT2D eigenvalue weighted by Gasteiger charge is -2.28. The summed E-state index contributed by atoms with van der Waals surface area (Å²) in [6, 6.07) is 8.14. The molecule has 1 fully saturated rings. The second kappa shape index (κ2) is 8.59. The van der Waals surface area contributed by atoms with E-state index >= 15 is 0 Å². The molecule has 1 N–H and O–H groups in total. The van der Waals surface area contributed by atoms with Gasteiger partial charge in [0, 0.05) is 32.5 Å². The van der Waals surface area contributed by atoms with Crippen LogP contribution in [0.4, 0.5) is 5.82 Å². The van der Waals surface area contributed by atoms with Crippen LogP contribution in [0.15, 0.2) is 28.8 Å². The molecule has 0 spiro atoms. The van der Waals surface area contributed by atoms with Crippen molar-refractivity contribution in [2.45, 2.75) is 52.5 Å². The first-order valence-corrected chi connectivity index (χ1v) is 10.3. The molecule has 1 aliphatic heterocycles. The second-order valence-electron chi connectivity index (χ2n) is 7.73. The fourth-order valence-electron chi connectivity index (χ4n) is 3.79. The average Bonchev–Trinajstić information content (AvgIpc) is 3.12. The minimum absolute atomic E-state index is 0.0107. The van der Waals surface area contributed by atoms with E-state index in [0.29, 0.717) is 30.9 Å². The quantitative estimate of drug-likeness (QED) is 0.690. The van der Waals surface area contributed by atoms with Crippen molar-refractivity contribution in [2.75, 3.05) is 18.0 Å². The predicted molar refractivity (Wildman–Crippen MR) is 112 cm³/mol. The minimum Gasteiger partial charge on any atom is -0.356 e. The zero-order valence-electron chi connectivity index (χ0n) is 17.1. The zero-order chi connectivity index (χ0) is 20.2. The van der Waals surface area contributed by atoms with Gasteiger partial charge in [-0.1, -0.05) is 35.0 Å². The van der Waals surface area contributed by atoms with Crippen molar-refractivity contribution in [3.63, 3.8) is 0 Å². The van der Waals surface area contributed by atoms with Crippen molar-refractivity contribution in [2.24, 2.45) is 0 Å². The Morgan fingerprint density at radius 1 is 1.17 bits per heavy atom. The summed E-state index contributed by atoms with van der Waals surface area (Å²) in [6.45, 7) is 6.45. The van der Waals surface area contributed by atoms with Crippen molar-refractivity contribution in [1.29, 1.82) is 0 Å². The van der Waals surface area contributed by atoms with Gasteiger partial charge in [0.25, 0.3) is 5.71 Å². The van der Waals surface area contributed by atoms with Crippen molar-refractivity contribution in [3.05, 3.63) is 46.9 Å². The topological polar surface area (TPSA) is 84.2 Å². The summed E-state index contributed by atoms with van der Waals surface area (Å²) in [5.74, 6) is 1.51. The van der Waals surface area contributed by atoms with E-state index in [9.17, 15) is 4.79 Å². The summed E-state index contributed by atoms with van der Waals surface area (Å²) >= 11 is 0. The summed E-state index contributed by atoms with van der Waals surface area (Å²) in [5, 5.41) is 7.94. The lowest BCUT2D eigenvalue weighted by molar-refractivity contribution is -0.121. The first kappa shape index (κ1) is 19.4. The van der Waals surface area contributed by atoms with E-state index in [4.69, 9.17) is 9.51 Å². The highest BCUT2D eigenvalue weighted by molar-refractivity contribution is 5.88. The molecule has 0 unspecified atom stereocenters. The number of piperidine rings is 1. The molecule has 4 rings (SSSR count). The molecule has 0 saturated carbocycles. The molecule has 0 radical (unpaired) electrons. The molecular formula is C22H27N5O2.